The van der Waals surface area contributed by atoms with Crippen LogP contribution in [0.25, 0.3) is 0 Å². The molecule has 100 valence electrons. The minimum atomic E-state index is 0.217. The minimum Gasteiger partial charge on any atom is -0.342 e. The molecule has 1 aliphatic carbocycles. The fourth-order valence-electron chi connectivity index (χ4n) is 2.39. The molecule has 1 aromatic rings. The van der Waals surface area contributed by atoms with Crippen LogP contribution in [0.4, 0.5) is 0 Å². The second-order valence-corrected chi connectivity index (χ2v) is 5.85. The van der Waals surface area contributed by atoms with Gasteiger partial charge >= 0.3 is 0 Å². The molecule has 5 heteroatoms. The Bertz CT molecular complexity index is 399. The summed E-state index contributed by atoms with van der Waals surface area (Å²) >= 11 is 1.51. The van der Waals surface area contributed by atoms with Crippen molar-refractivity contribution in [3.63, 3.8) is 0 Å². The van der Waals surface area contributed by atoms with Crippen LogP contribution >= 0.6 is 11.8 Å². The Morgan fingerprint density at radius 1 is 1.50 bits per heavy atom. The summed E-state index contributed by atoms with van der Waals surface area (Å²) in [5, 5.41) is 0.903. The molecule has 0 N–H and O–H groups in total. The van der Waals surface area contributed by atoms with Crippen molar-refractivity contribution in [3.8, 4) is 0 Å². The number of carbonyl (C=O) groups excluding carboxylic acids is 1. The summed E-state index contributed by atoms with van der Waals surface area (Å²) in [5.74, 6) is 0.701. The molecule has 0 spiro atoms. The molecule has 1 fully saturated rings. The van der Waals surface area contributed by atoms with E-state index in [-0.39, 0.29) is 5.91 Å². The third-order valence-electron chi connectivity index (χ3n) is 3.62. The number of carbonyl (C=O) groups is 1. The zero-order valence-corrected chi connectivity index (χ0v) is 11.9. The molecule has 1 aliphatic rings. The van der Waals surface area contributed by atoms with Crippen molar-refractivity contribution < 1.29 is 4.79 Å². The number of aryl methyl sites for hydroxylation is 1. The second-order valence-electron chi connectivity index (χ2n) is 4.91. The molecule has 0 saturated heterocycles. The first-order chi connectivity index (χ1) is 8.68. The molecule has 1 saturated carbocycles. The van der Waals surface area contributed by atoms with E-state index in [0.29, 0.717) is 11.8 Å². The number of amides is 1. The molecule has 18 heavy (non-hydrogen) atoms. The number of rotatable bonds is 4. The molecule has 0 radical (unpaired) electrons. The highest BCUT2D eigenvalue weighted by Gasteiger charge is 2.22. The van der Waals surface area contributed by atoms with Crippen LogP contribution in [-0.2, 0) is 11.8 Å². The van der Waals surface area contributed by atoms with Gasteiger partial charge in [0.1, 0.15) is 0 Å². The summed E-state index contributed by atoms with van der Waals surface area (Å²) in [6, 6.07) is 0.452. The molecular formula is C13H21N3OS. The van der Waals surface area contributed by atoms with Crippen molar-refractivity contribution in [1.82, 2.24) is 14.5 Å². The molecule has 0 aromatic carbocycles. The van der Waals surface area contributed by atoms with Crippen LogP contribution in [0.2, 0.25) is 0 Å². The van der Waals surface area contributed by atoms with Crippen LogP contribution < -0.4 is 0 Å². The molecular weight excluding hydrogens is 246 g/mol. The van der Waals surface area contributed by atoms with E-state index in [1.165, 1.54) is 31.0 Å². The SMILES string of the molecule is CN(C(=O)CSc1nccn1C)C1CCCCC1. The van der Waals surface area contributed by atoms with Crippen LogP contribution in [0.15, 0.2) is 17.6 Å². The molecule has 0 bridgehead atoms. The van der Waals surface area contributed by atoms with Crippen LogP contribution in [0.5, 0.6) is 0 Å². The number of thioether (sulfide) groups is 1. The number of hydrogen-bond acceptors (Lipinski definition) is 3. The summed E-state index contributed by atoms with van der Waals surface area (Å²) in [5.41, 5.74) is 0. The fourth-order valence-corrected chi connectivity index (χ4v) is 3.25. The van der Waals surface area contributed by atoms with Gasteiger partial charge in [0, 0.05) is 32.5 Å². The summed E-state index contributed by atoms with van der Waals surface area (Å²) in [6.07, 6.45) is 9.82. The first-order valence-corrected chi connectivity index (χ1v) is 7.53. The Labute approximate surface area is 113 Å². The van der Waals surface area contributed by atoms with E-state index < -0.39 is 0 Å². The van der Waals surface area contributed by atoms with Gasteiger partial charge in [-0.25, -0.2) is 4.98 Å². The first-order valence-electron chi connectivity index (χ1n) is 6.54. The van der Waals surface area contributed by atoms with Gasteiger partial charge in [-0.1, -0.05) is 31.0 Å². The smallest absolute Gasteiger partial charge is 0.233 e. The van der Waals surface area contributed by atoms with E-state index in [9.17, 15) is 4.79 Å². The standard InChI is InChI=1S/C13H21N3OS/c1-15-9-8-14-13(15)18-10-12(17)16(2)11-6-4-3-5-7-11/h8-9,11H,3-7,10H2,1-2H3. The lowest BCUT2D eigenvalue weighted by Crippen LogP contribution is -2.39. The highest BCUT2D eigenvalue weighted by Crippen LogP contribution is 2.23. The van der Waals surface area contributed by atoms with Gasteiger partial charge in [-0.2, -0.15) is 0 Å². The number of imidazole rings is 1. The fraction of sp³-hybridized carbons (Fsp3) is 0.692. The largest absolute Gasteiger partial charge is 0.342 e. The molecule has 1 heterocycles. The van der Waals surface area contributed by atoms with Gasteiger partial charge in [-0.05, 0) is 12.8 Å². The van der Waals surface area contributed by atoms with E-state index in [4.69, 9.17) is 0 Å². The van der Waals surface area contributed by atoms with Gasteiger partial charge in [-0.15, -0.1) is 0 Å². The van der Waals surface area contributed by atoms with Crippen molar-refractivity contribution in [2.24, 2.45) is 7.05 Å². The monoisotopic (exact) mass is 267 g/mol. The van der Waals surface area contributed by atoms with Crippen LogP contribution in [0, 0.1) is 0 Å². The molecule has 0 atom stereocenters. The van der Waals surface area contributed by atoms with Gasteiger partial charge in [-0.3, -0.25) is 4.79 Å². The van der Waals surface area contributed by atoms with E-state index >= 15 is 0 Å². The quantitative estimate of drug-likeness (QED) is 0.786. The zero-order valence-electron chi connectivity index (χ0n) is 11.1. The third kappa shape index (κ3) is 3.28. The highest BCUT2D eigenvalue weighted by molar-refractivity contribution is 7.99. The van der Waals surface area contributed by atoms with Crippen molar-refractivity contribution in [1.29, 1.82) is 0 Å². The lowest BCUT2D eigenvalue weighted by Gasteiger charge is -2.31. The van der Waals surface area contributed by atoms with Crippen molar-refractivity contribution in [2.75, 3.05) is 12.8 Å². The van der Waals surface area contributed by atoms with E-state index in [1.807, 2.05) is 29.8 Å². The maximum Gasteiger partial charge on any atom is 0.233 e. The number of nitrogens with zero attached hydrogens (tertiary/aromatic N) is 3. The Kier molecular flexibility index (Phi) is 4.69. The predicted molar refractivity (Wildman–Crippen MR) is 73.6 cm³/mol. The lowest BCUT2D eigenvalue weighted by atomic mass is 9.94. The molecule has 4 nitrogen and oxygen atoms in total. The minimum absolute atomic E-state index is 0.217. The van der Waals surface area contributed by atoms with Crippen molar-refractivity contribution in [2.45, 2.75) is 43.3 Å². The summed E-state index contributed by atoms with van der Waals surface area (Å²) in [7, 11) is 3.89. The van der Waals surface area contributed by atoms with E-state index in [1.54, 1.807) is 6.20 Å². The summed E-state index contributed by atoms with van der Waals surface area (Å²) in [6.45, 7) is 0. The Balaban J connectivity index is 1.82. The van der Waals surface area contributed by atoms with Crippen molar-refractivity contribution >= 4 is 17.7 Å². The summed E-state index contributed by atoms with van der Waals surface area (Å²) < 4.78 is 1.94. The highest BCUT2D eigenvalue weighted by atomic mass is 32.2. The lowest BCUT2D eigenvalue weighted by molar-refractivity contribution is -0.129. The van der Waals surface area contributed by atoms with Gasteiger partial charge < -0.3 is 9.47 Å². The Morgan fingerprint density at radius 2 is 2.22 bits per heavy atom. The zero-order chi connectivity index (χ0) is 13.0. The van der Waals surface area contributed by atoms with Gasteiger partial charge in [0.2, 0.25) is 5.91 Å². The van der Waals surface area contributed by atoms with Gasteiger partial charge in [0.15, 0.2) is 5.16 Å². The van der Waals surface area contributed by atoms with Gasteiger partial charge in [0.05, 0.1) is 5.75 Å². The molecule has 2 rings (SSSR count). The second kappa shape index (κ2) is 6.27. The van der Waals surface area contributed by atoms with Crippen LogP contribution in [-0.4, -0.2) is 39.2 Å². The number of hydrogen-bond donors (Lipinski definition) is 0. The van der Waals surface area contributed by atoms with Gasteiger partial charge in [0.25, 0.3) is 0 Å². The van der Waals surface area contributed by atoms with Crippen molar-refractivity contribution in [3.05, 3.63) is 12.4 Å². The van der Waals surface area contributed by atoms with Crippen LogP contribution in [0.1, 0.15) is 32.1 Å². The maximum absolute atomic E-state index is 12.1. The Hall–Kier alpha value is -0.970. The van der Waals surface area contributed by atoms with E-state index in [2.05, 4.69) is 4.98 Å². The predicted octanol–water partition coefficient (Wildman–Crippen LogP) is 2.30. The van der Waals surface area contributed by atoms with E-state index in [0.717, 1.165) is 18.0 Å². The normalized spacial score (nSPS) is 16.8. The topological polar surface area (TPSA) is 38.1 Å². The average molecular weight is 267 g/mol. The Morgan fingerprint density at radius 3 is 2.83 bits per heavy atom. The molecule has 1 aromatic heterocycles. The number of aromatic nitrogens is 2. The first kappa shape index (κ1) is 13.5. The maximum atomic E-state index is 12.1. The average Bonchev–Trinajstić information content (AvgIpc) is 2.81. The molecule has 1 amide bonds. The summed E-state index contributed by atoms with van der Waals surface area (Å²) in [4.78, 5) is 18.3. The van der Waals surface area contributed by atoms with Crippen LogP contribution in [0.3, 0.4) is 0 Å². The third-order valence-corrected chi connectivity index (χ3v) is 4.66. The molecule has 0 unspecified atom stereocenters. The molecule has 0 aliphatic heterocycles.